The average Bonchev–Trinajstić information content (AvgIpc) is 2.89. The predicted molar refractivity (Wildman–Crippen MR) is 72.9 cm³/mol. The first-order valence-electron chi connectivity index (χ1n) is 6.87. The molecule has 1 saturated heterocycles. The van der Waals surface area contributed by atoms with Crippen molar-refractivity contribution in [1.29, 1.82) is 0 Å². The third-order valence-corrected chi connectivity index (χ3v) is 3.69. The lowest BCUT2D eigenvalue weighted by molar-refractivity contribution is 0.285. The molecule has 0 spiro atoms. The average molecular weight is 244 g/mol. The van der Waals surface area contributed by atoms with Crippen LogP contribution >= 0.6 is 0 Å². The Labute approximate surface area is 108 Å². The number of piperidine rings is 1. The molecule has 3 rings (SSSR count). The van der Waals surface area contributed by atoms with E-state index in [9.17, 15) is 0 Å². The highest BCUT2D eigenvalue weighted by Gasteiger charge is 2.27. The van der Waals surface area contributed by atoms with Gasteiger partial charge in [0, 0.05) is 12.5 Å². The third kappa shape index (κ3) is 2.72. The summed E-state index contributed by atoms with van der Waals surface area (Å²) in [6.07, 6.45) is 3.44. The van der Waals surface area contributed by atoms with E-state index in [2.05, 4.69) is 35.6 Å². The number of ether oxygens (including phenoxy) is 1. The Morgan fingerprint density at radius 2 is 2.17 bits per heavy atom. The summed E-state index contributed by atoms with van der Waals surface area (Å²) in [6.45, 7) is 2.91. The molecule has 2 aliphatic heterocycles. The van der Waals surface area contributed by atoms with E-state index in [0.717, 1.165) is 32.0 Å². The molecule has 0 saturated carbocycles. The Morgan fingerprint density at radius 1 is 1.28 bits per heavy atom. The van der Waals surface area contributed by atoms with Crippen LogP contribution < -0.4 is 5.32 Å². The molecule has 0 aliphatic carbocycles. The highest BCUT2D eigenvalue weighted by Crippen LogP contribution is 2.19. The standard InChI is InChI=1S/C15H20N2O/c1-2-5-12(6-3-1)9-14-11-18-15(17-14)13-7-4-8-16-10-13/h1-3,5-6,13-14,16H,4,7-11H2. The molecule has 2 aliphatic rings. The van der Waals surface area contributed by atoms with Crippen LogP contribution in [-0.2, 0) is 11.2 Å². The van der Waals surface area contributed by atoms with Crippen molar-refractivity contribution in [3.8, 4) is 0 Å². The maximum absolute atomic E-state index is 5.79. The number of nitrogens with one attached hydrogen (secondary N) is 1. The molecule has 3 heteroatoms. The second-order valence-corrected chi connectivity index (χ2v) is 5.17. The molecular weight excluding hydrogens is 224 g/mol. The van der Waals surface area contributed by atoms with Gasteiger partial charge in [0.05, 0.1) is 6.04 Å². The summed E-state index contributed by atoms with van der Waals surface area (Å²) in [7, 11) is 0. The summed E-state index contributed by atoms with van der Waals surface area (Å²) in [4.78, 5) is 4.76. The topological polar surface area (TPSA) is 33.6 Å². The first-order valence-corrected chi connectivity index (χ1v) is 6.87. The smallest absolute Gasteiger partial charge is 0.188 e. The Morgan fingerprint density at radius 3 is 2.94 bits per heavy atom. The van der Waals surface area contributed by atoms with E-state index in [1.165, 1.54) is 18.4 Å². The van der Waals surface area contributed by atoms with E-state index < -0.39 is 0 Å². The molecule has 1 fully saturated rings. The van der Waals surface area contributed by atoms with Crippen LogP contribution in [0.5, 0.6) is 0 Å². The molecule has 0 bridgehead atoms. The van der Waals surface area contributed by atoms with Crippen LogP contribution in [0.2, 0.25) is 0 Å². The predicted octanol–water partition coefficient (Wildman–Crippen LogP) is 2.03. The van der Waals surface area contributed by atoms with Gasteiger partial charge in [-0.2, -0.15) is 0 Å². The quantitative estimate of drug-likeness (QED) is 0.882. The van der Waals surface area contributed by atoms with Gasteiger partial charge in [0.15, 0.2) is 5.90 Å². The van der Waals surface area contributed by atoms with Crippen LogP contribution in [0, 0.1) is 5.92 Å². The molecular formula is C15H20N2O. The Kier molecular flexibility index (Phi) is 3.60. The van der Waals surface area contributed by atoms with Gasteiger partial charge in [-0.1, -0.05) is 30.3 Å². The lowest BCUT2D eigenvalue weighted by Gasteiger charge is -2.21. The zero-order chi connectivity index (χ0) is 12.2. The van der Waals surface area contributed by atoms with Crippen molar-refractivity contribution in [2.24, 2.45) is 10.9 Å². The maximum Gasteiger partial charge on any atom is 0.188 e. The summed E-state index contributed by atoms with van der Waals surface area (Å²) >= 11 is 0. The van der Waals surface area contributed by atoms with Crippen LogP contribution in [-0.4, -0.2) is 31.6 Å². The second-order valence-electron chi connectivity index (χ2n) is 5.17. The van der Waals surface area contributed by atoms with E-state index in [-0.39, 0.29) is 0 Å². The Bertz CT molecular complexity index is 410. The van der Waals surface area contributed by atoms with Gasteiger partial charge in [-0.05, 0) is 31.4 Å². The normalized spacial score (nSPS) is 27.7. The lowest BCUT2D eigenvalue weighted by atomic mass is 9.99. The zero-order valence-electron chi connectivity index (χ0n) is 10.6. The van der Waals surface area contributed by atoms with Gasteiger partial charge in [0.2, 0.25) is 0 Å². The molecule has 2 unspecified atom stereocenters. The molecule has 96 valence electrons. The molecule has 1 N–H and O–H groups in total. The van der Waals surface area contributed by atoms with Crippen molar-refractivity contribution in [2.45, 2.75) is 25.3 Å². The molecule has 2 heterocycles. The summed E-state index contributed by atoms with van der Waals surface area (Å²) in [6, 6.07) is 10.9. The molecule has 3 nitrogen and oxygen atoms in total. The molecule has 0 amide bonds. The number of hydrogen-bond acceptors (Lipinski definition) is 3. The zero-order valence-corrected chi connectivity index (χ0v) is 10.6. The molecule has 0 aromatic heterocycles. The summed E-state index contributed by atoms with van der Waals surface area (Å²) in [5.41, 5.74) is 1.35. The van der Waals surface area contributed by atoms with Crippen LogP contribution in [0.15, 0.2) is 35.3 Å². The van der Waals surface area contributed by atoms with Crippen LogP contribution in [0.1, 0.15) is 18.4 Å². The Hall–Kier alpha value is -1.35. The number of nitrogens with zero attached hydrogens (tertiary/aromatic N) is 1. The second kappa shape index (κ2) is 5.53. The molecule has 2 atom stereocenters. The number of rotatable bonds is 3. The van der Waals surface area contributed by atoms with E-state index in [4.69, 9.17) is 9.73 Å². The van der Waals surface area contributed by atoms with Crippen molar-refractivity contribution in [3.05, 3.63) is 35.9 Å². The van der Waals surface area contributed by atoms with Gasteiger partial charge in [0.1, 0.15) is 6.61 Å². The summed E-state index contributed by atoms with van der Waals surface area (Å²) in [5.74, 6) is 1.49. The highest BCUT2D eigenvalue weighted by atomic mass is 16.5. The van der Waals surface area contributed by atoms with Crippen molar-refractivity contribution in [2.75, 3.05) is 19.7 Å². The first kappa shape index (κ1) is 11.7. The number of aliphatic imine (C=N–C) groups is 1. The van der Waals surface area contributed by atoms with Crippen molar-refractivity contribution >= 4 is 5.90 Å². The van der Waals surface area contributed by atoms with Gasteiger partial charge in [-0.3, -0.25) is 0 Å². The summed E-state index contributed by atoms with van der Waals surface area (Å²) < 4.78 is 5.79. The van der Waals surface area contributed by atoms with E-state index in [1.807, 2.05) is 0 Å². The van der Waals surface area contributed by atoms with E-state index in [0.29, 0.717) is 12.0 Å². The van der Waals surface area contributed by atoms with Gasteiger partial charge >= 0.3 is 0 Å². The van der Waals surface area contributed by atoms with E-state index >= 15 is 0 Å². The molecule has 18 heavy (non-hydrogen) atoms. The van der Waals surface area contributed by atoms with Crippen molar-refractivity contribution in [1.82, 2.24) is 5.32 Å². The van der Waals surface area contributed by atoms with Gasteiger partial charge in [-0.15, -0.1) is 0 Å². The highest BCUT2D eigenvalue weighted by molar-refractivity contribution is 5.80. The minimum atomic E-state index is 0.310. The van der Waals surface area contributed by atoms with Gasteiger partial charge < -0.3 is 10.1 Å². The molecule has 1 aromatic carbocycles. The largest absolute Gasteiger partial charge is 0.478 e. The van der Waals surface area contributed by atoms with Crippen molar-refractivity contribution < 1.29 is 4.74 Å². The van der Waals surface area contributed by atoms with Gasteiger partial charge in [-0.25, -0.2) is 4.99 Å². The van der Waals surface area contributed by atoms with Crippen LogP contribution in [0.3, 0.4) is 0 Å². The number of hydrogen-bond donors (Lipinski definition) is 1. The summed E-state index contributed by atoms with van der Waals surface area (Å²) in [5, 5.41) is 3.42. The molecule has 0 radical (unpaired) electrons. The van der Waals surface area contributed by atoms with Crippen molar-refractivity contribution in [3.63, 3.8) is 0 Å². The maximum atomic E-state index is 5.79. The van der Waals surface area contributed by atoms with Crippen LogP contribution in [0.4, 0.5) is 0 Å². The number of benzene rings is 1. The monoisotopic (exact) mass is 244 g/mol. The SMILES string of the molecule is c1ccc(CC2COC(C3CCCNC3)=N2)cc1. The Balaban J connectivity index is 1.61. The minimum absolute atomic E-state index is 0.310. The fourth-order valence-electron chi connectivity index (χ4n) is 2.71. The lowest BCUT2D eigenvalue weighted by Crippen LogP contribution is -2.34. The van der Waals surface area contributed by atoms with E-state index in [1.54, 1.807) is 0 Å². The first-order chi connectivity index (χ1) is 8.92. The van der Waals surface area contributed by atoms with Crippen LogP contribution in [0.25, 0.3) is 0 Å². The fourth-order valence-corrected chi connectivity index (χ4v) is 2.71. The minimum Gasteiger partial charge on any atom is -0.478 e. The van der Waals surface area contributed by atoms with Gasteiger partial charge in [0.25, 0.3) is 0 Å². The fraction of sp³-hybridized carbons (Fsp3) is 0.533. The third-order valence-electron chi connectivity index (χ3n) is 3.69. The molecule has 1 aromatic rings.